The Morgan fingerprint density at radius 2 is 2.50 bits per heavy atom. The molecule has 3 rings (SSSR count). The number of nitrogens with zero attached hydrogens (tertiary/aromatic N) is 2. The van der Waals surface area contributed by atoms with Crippen LogP contribution in [-0.2, 0) is 17.8 Å². The Kier molecular flexibility index (Phi) is 3.00. The van der Waals surface area contributed by atoms with Crippen LogP contribution in [0.25, 0.3) is 0 Å². The first kappa shape index (κ1) is 11.6. The van der Waals surface area contributed by atoms with Crippen molar-refractivity contribution in [3.63, 3.8) is 0 Å². The summed E-state index contributed by atoms with van der Waals surface area (Å²) in [6.45, 7) is 0.641. The number of anilines is 1. The summed E-state index contributed by atoms with van der Waals surface area (Å²) in [4.78, 5) is 20.7. The monoisotopic (exact) mass is 281 g/mol. The van der Waals surface area contributed by atoms with Crippen LogP contribution in [0.2, 0.25) is 0 Å². The van der Waals surface area contributed by atoms with E-state index >= 15 is 0 Å². The molecule has 94 valence electrons. The van der Waals surface area contributed by atoms with Gasteiger partial charge in [0.1, 0.15) is 10.9 Å². The van der Waals surface area contributed by atoms with Crippen LogP contribution >= 0.6 is 22.7 Å². The SMILES string of the molecule is O=C(O)C1CCc2sc(NCc3nccs3)nc21. The Labute approximate surface area is 112 Å². The molecule has 0 bridgehead atoms. The maximum atomic E-state index is 11.1. The van der Waals surface area contributed by atoms with E-state index in [4.69, 9.17) is 5.11 Å². The Morgan fingerprint density at radius 1 is 1.61 bits per heavy atom. The highest BCUT2D eigenvalue weighted by Gasteiger charge is 2.32. The van der Waals surface area contributed by atoms with Crippen molar-refractivity contribution in [3.8, 4) is 0 Å². The van der Waals surface area contributed by atoms with E-state index in [0.717, 1.165) is 27.1 Å². The molecule has 0 aromatic carbocycles. The van der Waals surface area contributed by atoms with Crippen molar-refractivity contribution in [2.24, 2.45) is 0 Å². The van der Waals surface area contributed by atoms with Gasteiger partial charge in [-0.2, -0.15) is 0 Å². The quantitative estimate of drug-likeness (QED) is 0.899. The molecule has 1 atom stereocenters. The summed E-state index contributed by atoms with van der Waals surface area (Å²) in [6.07, 6.45) is 3.27. The van der Waals surface area contributed by atoms with Crippen molar-refractivity contribution in [2.75, 3.05) is 5.32 Å². The first-order chi connectivity index (χ1) is 8.74. The summed E-state index contributed by atoms with van der Waals surface area (Å²) in [6, 6.07) is 0. The van der Waals surface area contributed by atoms with Crippen LogP contribution < -0.4 is 5.32 Å². The second kappa shape index (κ2) is 4.66. The normalized spacial score (nSPS) is 17.7. The van der Waals surface area contributed by atoms with E-state index in [9.17, 15) is 4.79 Å². The van der Waals surface area contributed by atoms with E-state index in [1.165, 1.54) is 0 Å². The molecule has 0 radical (unpaired) electrons. The van der Waals surface area contributed by atoms with Crippen LogP contribution in [0.15, 0.2) is 11.6 Å². The van der Waals surface area contributed by atoms with Crippen molar-refractivity contribution in [2.45, 2.75) is 25.3 Å². The minimum atomic E-state index is -0.773. The summed E-state index contributed by atoms with van der Waals surface area (Å²) >= 11 is 3.14. The van der Waals surface area contributed by atoms with Gasteiger partial charge in [-0.25, -0.2) is 9.97 Å². The average molecular weight is 281 g/mol. The van der Waals surface area contributed by atoms with Crippen LogP contribution in [0.5, 0.6) is 0 Å². The molecule has 0 aliphatic heterocycles. The van der Waals surface area contributed by atoms with Gasteiger partial charge < -0.3 is 10.4 Å². The maximum Gasteiger partial charge on any atom is 0.312 e. The first-order valence-electron chi connectivity index (χ1n) is 5.58. The molecule has 1 unspecified atom stereocenters. The van der Waals surface area contributed by atoms with Crippen molar-refractivity contribution in [1.82, 2.24) is 9.97 Å². The number of nitrogens with one attached hydrogen (secondary N) is 1. The second-order valence-corrected chi connectivity index (χ2v) is 6.10. The number of hydrogen-bond acceptors (Lipinski definition) is 6. The second-order valence-electron chi connectivity index (χ2n) is 4.04. The minimum absolute atomic E-state index is 0.424. The number of rotatable bonds is 4. The Bertz CT molecular complexity index is 565. The molecular weight excluding hydrogens is 270 g/mol. The average Bonchev–Trinajstić information content (AvgIpc) is 3.02. The maximum absolute atomic E-state index is 11.1. The van der Waals surface area contributed by atoms with E-state index in [2.05, 4.69) is 15.3 Å². The lowest BCUT2D eigenvalue weighted by molar-refractivity contribution is -0.138. The molecule has 0 saturated heterocycles. The number of carboxylic acids is 1. The van der Waals surface area contributed by atoms with Gasteiger partial charge in [0.2, 0.25) is 0 Å². The number of aliphatic carboxylic acids is 1. The third kappa shape index (κ3) is 2.11. The molecule has 1 aliphatic rings. The zero-order valence-electron chi connectivity index (χ0n) is 9.42. The van der Waals surface area contributed by atoms with Crippen LogP contribution in [0.1, 0.15) is 27.9 Å². The first-order valence-corrected chi connectivity index (χ1v) is 7.28. The lowest BCUT2D eigenvalue weighted by Gasteiger charge is -2.02. The van der Waals surface area contributed by atoms with Crippen molar-refractivity contribution < 1.29 is 9.90 Å². The zero-order valence-corrected chi connectivity index (χ0v) is 11.1. The lowest BCUT2D eigenvalue weighted by Crippen LogP contribution is -2.09. The number of hydrogen-bond donors (Lipinski definition) is 2. The predicted octanol–water partition coefficient (Wildman–Crippen LogP) is 2.33. The number of carbonyl (C=O) groups is 1. The molecule has 2 aromatic rings. The number of aryl methyl sites for hydroxylation is 1. The highest BCUT2D eigenvalue weighted by atomic mass is 32.1. The summed E-state index contributed by atoms with van der Waals surface area (Å²) < 4.78 is 0. The van der Waals surface area contributed by atoms with Crippen LogP contribution in [0.3, 0.4) is 0 Å². The molecule has 0 spiro atoms. The van der Waals surface area contributed by atoms with Crippen molar-refractivity contribution in [3.05, 3.63) is 27.2 Å². The highest BCUT2D eigenvalue weighted by molar-refractivity contribution is 7.15. The molecule has 0 amide bonds. The third-order valence-electron chi connectivity index (χ3n) is 2.89. The van der Waals surface area contributed by atoms with Crippen LogP contribution in [-0.4, -0.2) is 21.0 Å². The zero-order chi connectivity index (χ0) is 12.5. The van der Waals surface area contributed by atoms with Gasteiger partial charge in [0.05, 0.1) is 12.2 Å². The molecule has 0 saturated carbocycles. The fourth-order valence-corrected chi connectivity index (χ4v) is 3.62. The topological polar surface area (TPSA) is 75.1 Å². The smallest absolute Gasteiger partial charge is 0.312 e. The van der Waals surface area contributed by atoms with Gasteiger partial charge in [0, 0.05) is 16.5 Å². The Hall–Kier alpha value is -1.47. The van der Waals surface area contributed by atoms with Crippen molar-refractivity contribution in [1.29, 1.82) is 0 Å². The summed E-state index contributed by atoms with van der Waals surface area (Å²) in [5.74, 6) is -1.20. The van der Waals surface area contributed by atoms with Gasteiger partial charge in [-0.3, -0.25) is 4.79 Å². The van der Waals surface area contributed by atoms with E-state index in [-0.39, 0.29) is 0 Å². The number of fused-ring (bicyclic) bond motifs is 1. The van der Waals surface area contributed by atoms with Crippen LogP contribution in [0.4, 0.5) is 5.13 Å². The van der Waals surface area contributed by atoms with Crippen molar-refractivity contribution >= 4 is 33.8 Å². The molecule has 1 aliphatic carbocycles. The molecule has 5 nitrogen and oxygen atoms in total. The van der Waals surface area contributed by atoms with Crippen LogP contribution in [0, 0.1) is 0 Å². The predicted molar refractivity (Wildman–Crippen MR) is 70.3 cm³/mol. The molecule has 2 heterocycles. The number of aromatic nitrogens is 2. The molecular formula is C11H11N3O2S2. The van der Waals surface area contributed by atoms with Gasteiger partial charge in [0.25, 0.3) is 0 Å². The van der Waals surface area contributed by atoms with E-state index in [1.807, 2.05) is 5.38 Å². The summed E-state index contributed by atoms with van der Waals surface area (Å²) in [7, 11) is 0. The Balaban J connectivity index is 1.72. The molecule has 0 fully saturated rings. The Morgan fingerprint density at radius 3 is 3.22 bits per heavy atom. The van der Waals surface area contributed by atoms with Gasteiger partial charge in [-0.15, -0.1) is 22.7 Å². The molecule has 18 heavy (non-hydrogen) atoms. The third-order valence-corrected chi connectivity index (χ3v) is 4.76. The minimum Gasteiger partial charge on any atom is -0.481 e. The highest BCUT2D eigenvalue weighted by Crippen LogP contribution is 2.38. The standard InChI is InChI=1S/C11H11N3O2S2/c15-10(16)6-1-2-7-9(6)14-11(18-7)13-5-8-12-3-4-17-8/h3-4,6H,1-2,5H2,(H,13,14)(H,15,16). The largest absolute Gasteiger partial charge is 0.481 e. The molecule has 7 heteroatoms. The lowest BCUT2D eigenvalue weighted by atomic mass is 10.1. The van der Waals surface area contributed by atoms with E-state index < -0.39 is 11.9 Å². The number of carboxylic acid groups (broad SMARTS) is 1. The molecule has 2 N–H and O–H groups in total. The summed E-state index contributed by atoms with van der Waals surface area (Å²) in [5, 5.41) is 16.0. The van der Waals surface area contributed by atoms with E-state index in [1.54, 1.807) is 28.9 Å². The van der Waals surface area contributed by atoms with Gasteiger partial charge in [0.15, 0.2) is 5.13 Å². The van der Waals surface area contributed by atoms with Gasteiger partial charge in [-0.05, 0) is 12.8 Å². The summed E-state index contributed by atoms with van der Waals surface area (Å²) in [5.41, 5.74) is 0.745. The van der Waals surface area contributed by atoms with Gasteiger partial charge >= 0.3 is 5.97 Å². The fourth-order valence-electron chi connectivity index (χ4n) is 2.03. The number of thiazole rings is 2. The fraction of sp³-hybridized carbons (Fsp3) is 0.364. The van der Waals surface area contributed by atoms with E-state index in [0.29, 0.717) is 13.0 Å². The van der Waals surface area contributed by atoms with Gasteiger partial charge in [-0.1, -0.05) is 0 Å². The molecule has 2 aromatic heterocycles.